The zero-order valence-corrected chi connectivity index (χ0v) is 12.7. The summed E-state index contributed by atoms with van der Waals surface area (Å²) >= 11 is 5.86. The molecule has 0 aliphatic carbocycles. The first-order valence-corrected chi connectivity index (χ1v) is 6.98. The van der Waals surface area contributed by atoms with Gasteiger partial charge in [-0.3, -0.25) is 0 Å². The Labute approximate surface area is 128 Å². The minimum absolute atomic E-state index is 0.132. The van der Waals surface area contributed by atoms with Crippen LogP contribution < -0.4 is 15.8 Å². The first kappa shape index (κ1) is 15.6. The highest BCUT2D eigenvalue weighted by atomic mass is 35.5. The maximum atomic E-state index is 13.4. The topological polar surface area (TPSA) is 47.3 Å². The molecule has 0 aliphatic rings. The van der Waals surface area contributed by atoms with Gasteiger partial charge in [0.2, 0.25) is 0 Å². The number of halogens is 2. The summed E-state index contributed by atoms with van der Waals surface area (Å²) in [5.74, 6) is 0.440. The fourth-order valence-corrected chi connectivity index (χ4v) is 2.46. The molecule has 1 atom stereocenters. The number of aryl methyl sites for hydroxylation is 1. The summed E-state index contributed by atoms with van der Waals surface area (Å²) in [6.07, 6.45) is 0. The lowest BCUT2D eigenvalue weighted by Crippen LogP contribution is -2.20. The Morgan fingerprint density at radius 3 is 2.62 bits per heavy atom. The van der Waals surface area contributed by atoms with Gasteiger partial charge in [-0.25, -0.2) is 4.39 Å². The Morgan fingerprint density at radius 2 is 2.05 bits per heavy atom. The van der Waals surface area contributed by atoms with E-state index in [0.717, 1.165) is 16.9 Å². The third-order valence-electron chi connectivity index (χ3n) is 3.26. The Hall–Kier alpha value is -1.78. The molecule has 2 aromatic rings. The lowest BCUT2D eigenvalue weighted by atomic mass is 10.0. The summed E-state index contributed by atoms with van der Waals surface area (Å²) in [7, 11) is 1.63. The lowest BCUT2D eigenvalue weighted by molar-refractivity contribution is 0.411. The Morgan fingerprint density at radius 1 is 1.29 bits per heavy atom. The van der Waals surface area contributed by atoms with Gasteiger partial charge in [0.1, 0.15) is 11.6 Å². The van der Waals surface area contributed by atoms with Crippen LogP contribution in [0.2, 0.25) is 5.02 Å². The number of methoxy groups -OCH3 is 1. The van der Waals surface area contributed by atoms with Crippen LogP contribution in [0.3, 0.4) is 0 Å². The molecule has 0 heterocycles. The Kier molecular flexibility index (Phi) is 5.04. The van der Waals surface area contributed by atoms with Crippen LogP contribution in [-0.4, -0.2) is 13.7 Å². The summed E-state index contributed by atoms with van der Waals surface area (Å²) in [6, 6.07) is 10.0. The van der Waals surface area contributed by atoms with E-state index in [0.29, 0.717) is 17.3 Å². The van der Waals surface area contributed by atoms with Crippen molar-refractivity contribution in [3.63, 3.8) is 0 Å². The van der Waals surface area contributed by atoms with E-state index in [1.54, 1.807) is 13.2 Å². The van der Waals surface area contributed by atoms with Crippen LogP contribution >= 0.6 is 11.6 Å². The summed E-state index contributed by atoms with van der Waals surface area (Å²) in [5, 5.41) is 3.55. The molecule has 0 spiro atoms. The van der Waals surface area contributed by atoms with Crippen LogP contribution in [0.5, 0.6) is 5.75 Å². The number of anilines is 1. The molecule has 0 aromatic heterocycles. The predicted molar refractivity (Wildman–Crippen MR) is 84.6 cm³/mol. The van der Waals surface area contributed by atoms with Gasteiger partial charge in [0.25, 0.3) is 0 Å². The molecule has 0 aliphatic heterocycles. The van der Waals surface area contributed by atoms with Gasteiger partial charge in [-0.15, -0.1) is 0 Å². The van der Waals surface area contributed by atoms with Crippen molar-refractivity contribution in [3.8, 4) is 5.75 Å². The van der Waals surface area contributed by atoms with Crippen molar-refractivity contribution in [3.05, 3.63) is 58.4 Å². The molecule has 0 fully saturated rings. The molecule has 0 amide bonds. The molecule has 5 heteroatoms. The number of hydrogen-bond donors (Lipinski definition) is 2. The molecule has 3 nitrogen and oxygen atoms in total. The number of rotatable bonds is 5. The van der Waals surface area contributed by atoms with Crippen molar-refractivity contribution in [2.24, 2.45) is 5.73 Å². The fourth-order valence-electron chi connectivity index (χ4n) is 2.24. The van der Waals surface area contributed by atoms with Crippen molar-refractivity contribution >= 4 is 17.3 Å². The first-order valence-electron chi connectivity index (χ1n) is 6.60. The van der Waals surface area contributed by atoms with Crippen LogP contribution in [0.25, 0.3) is 0 Å². The first-order chi connectivity index (χ1) is 10.0. The van der Waals surface area contributed by atoms with Crippen molar-refractivity contribution < 1.29 is 9.13 Å². The van der Waals surface area contributed by atoms with Crippen molar-refractivity contribution in [1.29, 1.82) is 0 Å². The number of benzene rings is 2. The van der Waals surface area contributed by atoms with E-state index in [1.807, 2.05) is 25.1 Å². The highest BCUT2D eigenvalue weighted by Gasteiger charge is 2.12. The summed E-state index contributed by atoms with van der Waals surface area (Å²) in [4.78, 5) is 0. The van der Waals surface area contributed by atoms with Crippen molar-refractivity contribution in [2.75, 3.05) is 19.0 Å². The van der Waals surface area contributed by atoms with Crippen molar-refractivity contribution in [1.82, 2.24) is 0 Å². The SMILES string of the molecule is COc1ccc(C(CN)Nc2cc(F)cc(Cl)c2)cc1C. The van der Waals surface area contributed by atoms with Crippen LogP contribution in [-0.2, 0) is 0 Å². The van der Waals surface area contributed by atoms with Gasteiger partial charge in [0.05, 0.1) is 13.2 Å². The lowest BCUT2D eigenvalue weighted by Gasteiger charge is -2.20. The fraction of sp³-hybridized carbons (Fsp3) is 0.250. The highest BCUT2D eigenvalue weighted by molar-refractivity contribution is 6.30. The van der Waals surface area contributed by atoms with Crippen LogP contribution in [0.4, 0.5) is 10.1 Å². The highest BCUT2D eigenvalue weighted by Crippen LogP contribution is 2.26. The zero-order chi connectivity index (χ0) is 15.4. The zero-order valence-electron chi connectivity index (χ0n) is 12.0. The van der Waals surface area contributed by atoms with Gasteiger partial charge in [-0.1, -0.05) is 23.7 Å². The molecule has 2 aromatic carbocycles. The number of ether oxygens (including phenoxy) is 1. The van der Waals surface area contributed by atoms with E-state index in [-0.39, 0.29) is 11.9 Å². The average Bonchev–Trinajstić information content (AvgIpc) is 2.43. The predicted octanol–water partition coefficient (Wildman–Crippen LogP) is 3.91. The number of nitrogens with two attached hydrogens (primary N) is 1. The van der Waals surface area contributed by atoms with Crippen LogP contribution in [0, 0.1) is 12.7 Å². The molecular weight excluding hydrogens is 291 g/mol. The Bertz CT molecular complexity index is 613. The monoisotopic (exact) mass is 308 g/mol. The second-order valence-corrected chi connectivity index (χ2v) is 5.26. The van der Waals surface area contributed by atoms with E-state index in [1.165, 1.54) is 12.1 Å². The maximum Gasteiger partial charge on any atom is 0.126 e. The molecule has 2 rings (SSSR count). The second-order valence-electron chi connectivity index (χ2n) is 4.82. The van der Waals surface area contributed by atoms with Crippen molar-refractivity contribution in [2.45, 2.75) is 13.0 Å². The number of nitrogens with one attached hydrogen (secondary N) is 1. The standard InChI is InChI=1S/C16H18ClFN2O/c1-10-5-11(3-4-16(10)21-2)15(9-19)20-14-7-12(17)6-13(18)8-14/h3-8,15,20H,9,19H2,1-2H3. The largest absolute Gasteiger partial charge is 0.496 e. The van der Waals surface area contributed by atoms with E-state index < -0.39 is 0 Å². The van der Waals surface area contributed by atoms with Crippen LogP contribution in [0.15, 0.2) is 36.4 Å². The second kappa shape index (κ2) is 6.78. The summed E-state index contributed by atoms with van der Waals surface area (Å²) in [6.45, 7) is 2.34. The Balaban J connectivity index is 2.25. The molecule has 21 heavy (non-hydrogen) atoms. The van der Waals surface area contributed by atoms with E-state index in [4.69, 9.17) is 22.1 Å². The smallest absolute Gasteiger partial charge is 0.126 e. The molecular formula is C16H18ClFN2O. The summed E-state index contributed by atoms with van der Waals surface area (Å²) in [5.41, 5.74) is 8.46. The van der Waals surface area contributed by atoms with Crippen LogP contribution in [0.1, 0.15) is 17.2 Å². The molecule has 0 saturated carbocycles. The van der Waals surface area contributed by atoms with Gasteiger partial charge >= 0.3 is 0 Å². The molecule has 112 valence electrons. The van der Waals surface area contributed by atoms with E-state index in [2.05, 4.69) is 5.32 Å². The van der Waals surface area contributed by atoms with E-state index >= 15 is 0 Å². The number of hydrogen-bond acceptors (Lipinski definition) is 3. The normalized spacial score (nSPS) is 12.0. The minimum atomic E-state index is -0.383. The molecule has 0 radical (unpaired) electrons. The minimum Gasteiger partial charge on any atom is -0.496 e. The third kappa shape index (κ3) is 3.86. The summed E-state index contributed by atoms with van der Waals surface area (Å²) < 4.78 is 18.6. The van der Waals surface area contributed by atoms with Gasteiger partial charge in [0, 0.05) is 17.3 Å². The quantitative estimate of drug-likeness (QED) is 0.880. The average molecular weight is 309 g/mol. The molecule has 3 N–H and O–H groups in total. The van der Waals surface area contributed by atoms with Gasteiger partial charge in [-0.05, 0) is 42.3 Å². The van der Waals surface area contributed by atoms with E-state index in [9.17, 15) is 4.39 Å². The van der Waals surface area contributed by atoms with Gasteiger partial charge in [0.15, 0.2) is 0 Å². The third-order valence-corrected chi connectivity index (χ3v) is 3.48. The maximum absolute atomic E-state index is 13.4. The van der Waals surface area contributed by atoms with Gasteiger partial charge < -0.3 is 15.8 Å². The molecule has 0 bridgehead atoms. The van der Waals surface area contributed by atoms with Gasteiger partial charge in [-0.2, -0.15) is 0 Å². The molecule has 1 unspecified atom stereocenters. The molecule has 0 saturated heterocycles.